The van der Waals surface area contributed by atoms with Gasteiger partial charge in [0.2, 0.25) is 0 Å². The molecule has 0 fully saturated rings. The smallest absolute Gasteiger partial charge is 0.151 e. The number of nitrogens with zero attached hydrogens (tertiary/aromatic N) is 1. The zero-order valence-electron chi connectivity index (χ0n) is 9.99. The van der Waals surface area contributed by atoms with E-state index in [4.69, 9.17) is 4.52 Å². The minimum Gasteiger partial charge on any atom is -0.359 e. The molecule has 1 aromatic carbocycles. The summed E-state index contributed by atoms with van der Waals surface area (Å²) in [5, 5.41) is 7.17. The molecule has 0 aliphatic heterocycles. The van der Waals surface area contributed by atoms with Crippen LogP contribution < -0.4 is 5.32 Å². The summed E-state index contributed by atoms with van der Waals surface area (Å²) < 4.78 is 5.27. The van der Waals surface area contributed by atoms with Crippen LogP contribution in [-0.4, -0.2) is 12.2 Å². The van der Waals surface area contributed by atoms with Gasteiger partial charge in [-0.25, -0.2) is 0 Å². The fourth-order valence-corrected chi connectivity index (χ4v) is 2.44. The summed E-state index contributed by atoms with van der Waals surface area (Å²) in [7, 11) is 1.90. The van der Waals surface area contributed by atoms with E-state index in [1.807, 2.05) is 13.1 Å². The molecule has 1 aromatic heterocycles. The molecule has 0 radical (unpaired) electrons. The van der Waals surface area contributed by atoms with Gasteiger partial charge < -0.3 is 9.84 Å². The SMILES string of the molecule is CNCc1cc(-c2ccc3c(c2)CCC3)no1. The van der Waals surface area contributed by atoms with Crippen molar-refractivity contribution in [2.45, 2.75) is 25.8 Å². The molecule has 2 aromatic rings. The summed E-state index contributed by atoms with van der Waals surface area (Å²) in [6.07, 6.45) is 3.70. The Kier molecular flexibility index (Phi) is 2.69. The van der Waals surface area contributed by atoms with Crippen molar-refractivity contribution in [1.82, 2.24) is 10.5 Å². The van der Waals surface area contributed by atoms with Crippen LogP contribution in [0.1, 0.15) is 23.3 Å². The van der Waals surface area contributed by atoms with Crippen LogP contribution in [0.25, 0.3) is 11.3 Å². The lowest BCUT2D eigenvalue weighted by Gasteiger charge is -2.01. The molecule has 1 aliphatic rings. The maximum atomic E-state index is 5.27. The second-order valence-electron chi connectivity index (χ2n) is 4.55. The van der Waals surface area contributed by atoms with Gasteiger partial charge in [-0.3, -0.25) is 0 Å². The van der Waals surface area contributed by atoms with E-state index in [1.54, 1.807) is 0 Å². The number of rotatable bonds is 3. The first-order valence-corrected chi connectivity index (χ1v) is 6.09. The van der Waals surface area contributed by atoms with Crippen molar-refractivity contribution >= 4 is 0 Å². The Bertz CT molecular complexity index is 531. The molecular formula is C14H16N2O. The quantitative estimate of drug-likeness (QED) is 0.877. The van der Waals surface area contributed by atoms with Crippen LogP contribution in [0.4, 0.5) is 0 Å². The van der Waals surface area contributed by atoms with E-state index in [9.17, 15) is 0 Å². The van der Waals surface area contributed by atoms with Gasteiger partial charge in [-0.15, -0.1) is 0 Å². The van der Waals surface area contributed by atoms with Crippen LogP contribution in [0, 0.1) is 0 Å². The molecule has 3 heteroatoms. The van der Waals surface area contributed by atoms with Crippen molar-refractivity contribution in [3.8, 4) is 11.3 Å². The standard InChI is InChI=1S/C14H16N2O/c1-15-9-13-8-14(16-17-13)12-6-5-10-3-2-4-11(10)7-12/h5-8,15H,2-4,9H2,1H3. The van der Waals surface area contributed by atoms with Crippen LogP contribution in [0.3, 0.4) is 0 Å². The monoisotopic (exact) mass is 228 g/mol. The lowest BCUT2D eigenvalue weighted by molar-refractivity contribution is 0.379. The first-order valence-electron chi connectivity index (χ1n) is 6.09. The molecule has 3 rings (SSSR count). The van der Waals surface area contributed by atoms with E-state index in [1.165, 1.54) is 30.4 Å². The van der Waals surface area contributed by atoms with E-state index >= 15 is 0 Å². The lowest BCUT2D eigenvalue weighted by Crippen LogP contribution is -2.03. The minimum absolute atomic E-state index is 0.720. The third kappa shape index (κ3) is 1.98. The molecule has 0 saturated heterocycles. The molecular weight excluding hydrogens is 212 g/mol. The normalized spacial score (nSPS) is 13.9. The highest BCUT2D eigenvalue weighted by atomic mass is 16.5. The van der Waals surface area contributed by atoms with E-state index in [0.29, 0.717) is 0 Å². The maximum absolute atomic E-state index is 5.27. The van der Waals surface area contributed by atoms with Crippen LogP contribution in [0.15, 0.2) is 28.8 Å². The molecule has 0 amide bonds. The van der Waals surface area contributed by atoms with Gasteiger partial charge in [0.25, 0.3) is 0 Å². The third-order valence-corrected chi connectivity index (χ3v) is 3.30. The van der Waals surface area contributed by atoms with Crippen molar-refractivity contribution in [2.75, 3.05) is 7.05 Å². The van der Waals surface area contributed by atoms with Gasteiger partial charge in [0.05, 0.1) is 6.54 Å². The summed E-state index contributed by atoms with van der Waals surface area (Å²) in [4.78, 5) is 0. The van der Waals surface area contributed by atoms with Crippen LogP contribution in [0.2, 0.25) is 0 Å². The van der Waals surface area contributed by atoms with Gasteiger partial charge >= 0.3 is 0 Å². The molecule has 3 nitrogen and oxygen atoms in total. The Morgan fingerprint density at radius 2 is 2.12 bits per heavy atom. The van der Waals surface area contributed by atoms with Crippen LogP contribution in [-0.2, 0) is 19.4 Å². The van der Waals surface area contributed by atoms with Crippen LogP contribution >= 0.6 is 0 Å². The molecule has 0 spiro atoms. The molecule has 1 N–H and O–H groups in total. The molecule has 0 atom stereocenters. The van der Waals surface area contributed by atoms with E-state index in [2.05, 4.69) is 28.7 Å². The summed E-state index contributed by atoms with van der Waals surface area (Å²) in [6, 6.07) is 8.63. The van der Waals surface area contributed by atoms with Crippen molar-refractivity contribution < 1.29 is 4.52 Å². The van der Waals surface area contributed by atoms with Crippen molar-refractivity contribution in [1.29, 1.82) is 0 Å². The molecule has 0 saturated carbocycles. The maximum Gasteiger partial charge on any atom is 0.151 e. The first-order chi connectivity index (χ1) is 8.36. The predicted octanol–water partition coefficient (Wildman–Crippen LogP) is 2.55. The number of nitrogens with one attached hydrogen (secondary N) is 1. The third-order valence-electron chi connectivity index (χ3n) is 3.30. The van der Waals surface area contributed by atoms with Gasteiger partial charge in [0.15, 0.2) is 5.76 Å². The average molecular weight is 228 g/mol. The van der Waals surface area contributed by atoms with Crippen LogP contribution in [0.5, 0.6) is 0 Å². The average Bonchev–Trinajstić information content (AvgIpc) is 2.96. The number of fused-ring (bicyclic) bond motifs is 1. The Hall–Kier alpha value is -1.61. The topological polar surface area (TPSA) is 38.1 Å². The highest BCUT2D eigenvalue weighted by Crippen LogP contribution is 2.27. The highest BCUT2D eigenvalue weighted by molar-refractivity contribution is 5.61. The molecule has 1 heterocycles. The number of aryl methyl sites for hydroxylation is 2. The van der Waals surface area contributed by atoms with Gasteiger partial charge in [-0.1, -0.05) is 17.3 Å². The molecule has 0 bridgehead atoms. The van der Waals surface area contributed by atoms with Gasteiger partial charge in [0.1, 0.15) is 5.69 Å². The number of hydrogen-bond donors (Lipinski definition) is 1. The van der Waals surface area contributed by atoms with Crippen molar-refractivity contribution in [3.63, 3.8) is 0 Å². The molecule has 0 unspecified atom stereocenters. The molecule has 1 aliphatic carbocycles. The summed E-state index contributed by atoms with van der Waals surface area (Å²) in [5.41, 5.74) is 5.06. The Labute approximate surface area is 101 Å². The number of hydrogen-bond acceptors (Lipinski definition) is 3. The summed E-state index contributed by atoms with van der Waals surface area (Å²) in [6.45, 7) is 0.720. The zero-order chi connectivity index (χ0) is 11.7. The van der Waals surface area contributed by atoms with Crippen molar-refractivity contribution in [3.05, 3.63) is 41.2 Å². The molecule has 88 valence electrons. The predicted molar refractivity (Wildman–Crippen MR) is 66.7 cm³/mol. The van der Waals surface area contributed by atoms with Gasteiger partial charge in [0, 0.05) is 11.6 Å². The Morgan fingerprint density at radius 3 is 3.00 bits per heavy atom. The van der Waals surface area contributed by atoms with E-state index < -0.39 is 0 Å². The summed E-state index contributed by atoms with van der Waals surface area (Å²) in [5.74, 6) is 0.878. The van der Waals surface area contributed by atoms with Gasteiger partial charge in [-0.05, 0) is 43.5 Å². The zero-order valence-corrected chi connectivity index (χ0v) is 9.99. The fourth-order valence-electron chi connectivity index (χ4n) is 2.44. The largest absolute Gasteiger partial charge is 0.359 e. The minimum atomic E-state index is 0.720. The Balaban J connectivity index is 1.92. The lowest BCUT2D eigenvalue weighted by atomic mass is 10.0. The number of benzene rings is 1. The second kappa shape index (κ2) is 4.34. The second-order valence-corrected chi connectivity index (χ2v) is 4.55. The number of aromatic nitrogens is 1. The highest BCUT2D eigenvalue weighted by Gasteiger charge is 2.13. The van der Waals surface area contributed by atoms with E-state index in [-0.39, 0.29) is 0 Å². The Morgan fingerprint density at radius 1 is 1.24 bits per heavy atom. The summed E-state index contributed by atoms with van der Waals surface area (Å²) >= 11 is 0. The molecule has 17 heavy (non-hydrogen) atoms. The van der Waals surface area contributed by atoms with Crippen molar-refractivity contribution in [2.24, 2.45) is 0 Å². The first kappa shape index (κ1) is 10.5. The van der Waals surface area contributed by atoms with Gasteiger partial charge in [-0.2, -0.15) is 0 Å². The van der Waals surface area contributed by atoms with E-state index in [0.717, 1.165) is 23.6 Å². The fraction of sp³-hybridized carbons (Fsp3) is 0.357.